The molecular formula is C21H20N3O6-. The summed E-state index contributed by atoms with van der Waals surface area (Å²) < 4.78 is 0. The summed E-state index contributed by atoms with van der Waals surface area (Å²) in [5.74, 6) is -3.41. The van der Waals surface area contributed by atoms with Crippen molar-refractivity contribution >= 4 is 29.5 Å². The molecule has 0 bridgehead atoms. The third kappa shape index (κ3) is 5.99. The Morgan fingerprint density at radius 2 is 1.70 bits per heavy atom. The van der Waals surface area contributed by atoms with Crippen LogP contribution in [-0.2, 0) is 9.59 Å². The second-order valence-electron chi connectivity index (χ2n) is 6.74. The molecule has 0 saturated carbocycles. The van der Waals surface area contributed by atoms with E-state index in [1.807, 2.05) is 0 Å². The Balaban J connectivity index is 2.40. The van der Waals surface area contributed by atoms with E-state index in [9.17, 15) is 29.6 Å². The van der Waals surface area contributed by atoms with Crippen molar-refractivity contribution in [2.75, 3.05) is 0 Å². The van der Waals surface area contributed by atoms with Gasteiger partial charge in [0.05, 0.1) is 16.9 Å². The minimum absolute atomic E-state index is 0.201. The number of hydrogen-bond donors (Lipinski definition) is 2. The highest BCUT2D eigenvalue weighted by atomic mass is 16.6. The lowest BCUT2D eigenvalue weighted by Gasteiger charge is -2.24. The molecule has 30 heavy (non-hydrogen) atoms. The number of aliphatic carboxylic acids is 1. The van der Waals surface area contributed by atoms with Crippen molar-refractivity contribution in [3.8, 4) is 0 Å². The lowest BCUT2D eigenvalue weighted by Crippen LogP contribution is -2.52. The smallest absolute Gasteiger partial charge is 0.270 e. The molecule has 0 aliphatic carbocycles. The number of nitrogens with zero attached hydrogens (tertiary/aromatic N) is 1. The molecule has 0 saturated heterocycles. The molecule has 0 radical (unpaired) electrons. The monoisotopic (exact) mass is 410 g/mol. The third-order valence-corrected chi connectivity index (χ3v) is 4.13. The summed E-state index contributed by atoms with van der Waals surface area (Å²) in [5.41, 5.74) is 0.0803. The lowest BCUT2D eigenvalue weighted by molar-refractivity contribution is -0.384. The van der Waals surface area contributed by atoms with E-state index in [-0.39, 0.29) is 22.5 Å². The van der Waals surface area contributed by atoms with Crippen molar-refractivity contribution in [2.45, 2.75) is 19.9 Å². The van der Waals surface area contributed by atoms with Crippen LogP contribution in [0.1, 0.15) is 29.8 Å². The largest absolute Gasteiger partial charge is 0.548 e. The molecule has 9 heteroatoms. The number of amides is 2. The average Bonchev–Trinajstić information content (AvgIpc) is 2.71. The second kappa shape index (κ2) is 9.97. The van der Waals surface area contributed by atoms with E-state index in [1.54, 1.807) is 32.0 Å². The Bertz CT molecular complexity index is 985. The third-order valence-electron chi connectivity index (χ3n) is 4.13. The van der Waals surface area contributed by atoms with E-state index in [0.717, 1.165) is 0 Å². The first-order valence-electron chi connectivity index (χ1n) is 9.03. The summed E-state index contributed by atoms with van der Waals surface area (Å²) in [6, 6.07) is 12.2. The fourth-order valence-electron chi connectivity index (χ4n) is 2.55. The van der Waals surface area contributed by atoms with Crippen LogP contribution in [0.15, 0.2) is 60.3 Å². The molecule has 1 atom stereocenters. The van der Waals surface area contributed by atoms with Gasteiger partial charge in [-0.1, -0.05) is 44.2 Å². The quantitative estimate of drug-likeness (QED) is 0.381. The predicted octanol–water partition coefficient (Wildman–Crippen LogP) is 1.26. The van der Waals surface area contributed by atoms with E-state index in [1.165, 1.54) is 42.5 Å². The van der Waals surface area contributed by atoms with Crippen LogP contribution in [0.3, 0.4) is 0 Å². The number of carbonyl (C=O) groups excluding carboxylic acids is 3. The number of nitrogens with one attached hydrogen (secondary N) is 2. The molecule has 2 rings (SSSR count). The van der Waals surface area contributed by atoms with E-state index in [2.05, 4.69) is 10.6 Å². The number of nitro groups is 1. The number of carboxylic acids is 1. The van der Waals surface area contributed by atoms with Crippen molar-refractivity contribution in [2.24, 2.45) is 5.92 Å². The van der Waals surface area contributed by atoms with Crippen molar-refractivity contribution in [1.82, 2.24) is 10.6 Å². The molecular weight excluding hydrogens is 390 g/mol. The first-order valence-corrected chi connectivity index (χ1v) is 9.03. The Hall–Kier alpha value is -4.01. The van der Waals surface area contributed by atoms with Crippen LogP contribution < -0.4 is 15.7 Å². The van der Waals surface area contributed by atoms with Crippen molar-refractivity contribution in [1.29, 1.82) is 0 Å². The predicted molar refractivity (Wildman–Crippen MR) is 107 cm³/mol. The Morgan fingerprint density at radius 1 is 1.03 bits per heavy atom. The van der Waals surface area contributed by atoms with Gasteiger partial charge < -0.3 is 20.5 Å². The SMILES string of the molecule is CC(C)[C@H](NC(=O)/C(=C/c1cccc([N+](=O)[O-])c1)NC(=O)c1ccccc1)C(=O)[O-]. The van der Waals surface area contributed by atoms with Gasteiger partial charge in [-0.05, 0) is 29.7 Å². The summed E-state index contributed by atoms with van der Waals surface area (Å²) in [6.45, 7) is 3.18. The van der Waals surface area contributed by atoms with Crippen molar-refractivity contribution in [3.05, 3.63) is 81.5 Å². The van der Waals surface area contributed by atoms with Crippen LogP contribution in [0, 0.1) is 16.0 Å². The molecule has 0 aliphatic rings. The molecule has 0 heterocycles. The lowest BCUT2D eigenvalue weighted by atomic mass is 10.0. The van der Waals surface area contributed by atoms with Crippen LogP contribution in [0.5, 0.6) is 0 Å². The fourth-order valence-corrected chi connectivity index (χ4v) is 2.55. The summed E-state index contributed by atoms with van der Waals surface area (Å²) in [5, 5.41) is 27.1. The van der Waals surface area contributed by atoms with E-state index >= 15 is 0 Å². The van der Waals surface area contributed by atoms with Crippen molar-refractivity contribution in [3.63, 3.8) is 0 Å². The zero-order chi connectivity index (χ0) is 22.3. The molecule has 0 unspecified atom stereocenters. The summed E-state index contributed by atoms with van der Waals surface area (Å²) in [4.78, 5) is 47.0. The van der Waals surface area contributed by atoms with Gasteiger partial charge in [-0.15, -0.1) is 0 Å². The van der Waals surface area contributed by atoms with Gasteiger partial charge in [-0.3, -0.25) is 19.7 Å². The zero-order valence-electron chi connectivity index (χ0n) is 16.3. The zero-order valence-corrected chi connectivity index (χ0v) is 16.3. The molecule has 0 fully saturated rings. The maximum atomic E-state index is 12.7. The highest BCUT2D eigenvalue weighted by Crippen LogP contribution is 2.16. The summed E-state index contributed by atoms with van der Waals surface area (Å²) in [6.07, 6.45) is 1.23. The van der Waals surface area contributed by atoms with Gasteiger partial charge in [-0.25, -0.2) is 0 Å². The maximum Gasteiger partial charge on any atom is 0.270 e. The van der Waals surface area contributed by atoms with Gasteiger partial charge >= 0.3 is 0 Å². The average molecular weight is 410 g/mol. The van der Waals surface area contributed by atoms with E-state index < -0.39 is 34.7 Å². The van der Waals surface area contributed by atoms with Gasteiger partial charge in [0, 0.05) is 17.7 Å². The minimum atomic E-state index is -1.47. The van der Waals surface area contributed by atoms with Gasteiger partial charge in [0.2, 0.25) is 0 Å². The standard InChI is InChI=1S/C21H21N3O6/c1-13(2)18(21(27)28)23-20(26)17(22-19(25)15-8-4-3-5-9-15)12-14-7-6-10-16(11-14)24(29)30/h3-13,18H,1-2H3,(H,22,25)(H,23,26)(H,27,28)/p-1/b17-12-/t18-/m0/s1. The van der Waals surface area contributed by atoms with Gasteiger partial charge in [0.15, 0.2) is 0 Å². The molecule has 2 aromatic rings. The number of non-ortho nitro benzene ring substituents is 1. The van der Waals surface area contributed by atoms with Gasteiger partial charge in [-0.2, -0.15) is 0 Å². The molecule has 0 aromatic heterocycles. The first-order chi connectivity index (χ1) is 14.2. The molecule has 156 valence electrons. The van der Waals surface area contributed by atoms with Crippen molar-refractivity contribution < 1.29 is 24.4 Å². The highest BCUT2D eigenvalue weighted by molar-refractivity contribution is 6.06. The molecule has 9 nitrogen and oxygen atoms in total. The topological polar surface area (TPSA) is 141 Å². The molecule has 0 aliphatic heterocycles. The number of nitro benzene ring substituents is 1. The normalized spacial score (nSPS) is 12.2. The molecule has 2 N–H and O–H groups in total. The van der Waals surface area contributed by atoms with Crippen LogP contribution >= 0.6 is 0 Å². The van der Waals surface area contributed by atoms with Gasteiger partial charge in [0.25, 0.3) is 17.5 Å². The summed E-state index contributed by atoms with van der Waals surface area (Å²) >= 11 is 0. The minimum Gasteiger partial charge on any atom is -0.548 e. The van der Waals surface area contributed by atoms with Crippen LogP contribution in [0.2, 0.25) is 0 Å². The maximum absolute atomic E-state index is 12.7. The first kappa shape index (κ1) is 22.3. The number of rotatable bonds is 8. The number of benzene rings is 2. The van der Waals surface area contributed by atoms with Crippen LogP contribution in [0.4, 0.5) is 5.69 Å². The van der Waals surface area contributed by atoms with Crippen LogP contribution in [0.25, 0.3) is 6.08 Å². The molecule has 0 spiro atoms. The Kier molecular flexibility index (Phi) is 7.40. The number of hydrogen-bond acceptors (Lipinski definition) is 6. The van der Waals surface area contributed by atoms with E-state index in [0.29, 0.717) is 0 Å². The number of carboxylic acid groups (broad SMARTS) is 1. The van der Waals surface area contributed by atoms with Crippen LogP contribution in [-0.4, -0.2) is 28.7 Å². The van der Waals surface area contributed by atoms with Gasteiger partial charge in [0.1, 0.15) is 5.70 Å². The number of carbonyl (C=O) groups is 3. The second-order valence-corrected chi connectivity index (χ2v) is 6.74. The molecule has 2 aromatic carbocycles. The summed E-state index contributed by atoms with van der Waals surface area (Å²) in [7, 11) is 0. The van der Waals surface area contributed by atoms with E-state index in [4.69, 9.17) is 0 Å². The Morgan fingerprint density at radius 3 is 2.27 bits per heavy atom. The highest BCUT2D eigenvalue weighted by Gasteiger charge is 2.21. The molecule has 2 amide bonds. The Labute approximate surface area is 172 Å². The fraction of sp³-hybridized carbons (Fsp3) is 0.190.